The van der Waals surface area contributed by atoms with E-state index in [0.717, 1.165) is 19.3 Å². The second kappa shape index (κ2) is 9.28. The Morgan fingerprint density at radius 3 is 1.96 bits per heavy atom. The molecule has 0 aliphatic heterocycles. The fraction of sp³-hybridized carbons (Fsp3) is 0.286. The molecule has 0 fully saturated rings. The minimum atomic E-state index is 0.345. The van der Waals surface area contributed by atoms with E-state index in [9.17, 15) is 0 Å². The Bertz CT molecular complexity index is 735. The van der Waals surface area contributed by atoms with Crippen LogP contribution >= 0.6 is 11.6 Å². The molecule has 2 unspecified atom stereocenters. The van der Waals surface area contributed by atoms with Gasteiger partial charge in [0.1, 0.15) is 0 Å². The first-order valence-corrected chi connectivity index (χ1v) is 9.16. The third-order valence-corrected chi connectivity index (χ3v) is 4.85. The Labute approximate surface area is 154 Å². The average Bonchev–Trinajstić information content (AvgIpc) is 2.69. The van der Waals surface area contributed by atoms with E-state index in [4.69, 9.17) is 11.6 Å². The Morgan fingerprint density at radius 1 is 0.760 bits per heavy atom. The molecular weight excluding hydrogens is 330 g/mol. The van der Waals surface area contributed by atoms with Crippen LogP contribution in [0.5, 0.6) is 0 Å². The summed E-state index contributed by atoms with van der Waals surface area (Å²) in [6.07, 6.45) is 14.2. The molecule has 0 aliphatic rings. The second-order valence-electron chi connectivity index (χ2n) is 6.17. The van der Waals surface area contributed by atoms with Gasteiger partial charge in [-0.2, -0.15) is 0 Å². The summed E-state index contributed by atoms with van der Waals surface area (Å²) < 4.78 is 0. The van der Waals surface area contributed by atoms with Gasteiger partial charge < -0.3 is 0 Å². The molecule has 25 heavy (non-hydrogen) atoms. The van der Waals surface area contributed by atoms with Crippen LogP contribution in [0.3, 0.4) is 0 Å². The van der Waals surface area contributed by atoms with Crippen molar-refractivity contribution >= 4 is 11.6 Å². The molecule has 0 aliphatic carbocycles. The van der Waals surface area contributed by atoms with Gasteiger partial charge in [0.2, 0.25) is 0 Å². The average molecular weight is 352 g/mol. The number of pyridine rings is 3. The number of aromatic nitrogens is 3. The van der Waals surface area contributed by atoms with Gasteiger partial charge >= 0.3 is 0 Å². The summed E-state index contributed by atoms with van der Waals surface area (Å²) in [5.74, 6) is 1.40. The van der Waals surface area contributed by atoms with Gasteiger partial charge in [-0.25, -0.2) is 0 Å². The lowest BCUT2D eigenvalue weighted by molar-refractivity contribution is 0.496. The van der Waals surface area contributed by atoms with Crippen LogP contribution in [0.15, 0.2) is 73.6 Å². The van der Waals surface area contributed by atoms with Crippen molar-refractivity contribution in [2.24, 2.45) is 0 Å². The molecule has 0 amide bonds. The van der Waals surface area contributed by atoms with E-state index < -0.39 is 0 Å². The summed E-state index contributed by atoms with van der Waals surface area (Å²) in [4.78, 5) is 12.6. The third kappa shape index (κ3) is 4.86. The van der Waals surface area contributed by atoms with Gasteiger partial charge in [0.15, 0.2) is 0 Å². The van der Waals surface area contributed by atoms with E-state index in [1.165, 1.54) is 16.7 Å². The third-order valence-electron chi connectivity index (χ3n) is 4.58. The van der Waals surface area contributed by atoms with Crippen LogP contribution in [-0.2, 0) is 6.42 Å². The maximum absolute atomic E-state index is 6.01. The van der Waals surface area contributed by atoms with Crippen LogP contribution in [-0.4, -0.2) is 20.8 Å². The first kappa shape index (κ1) is 17.6. The summed E-state index contributed by atoms with van der Waals surface area (Å²) in [6, 6.07) is 12.6. The topological polar surface area (TPSA) is 38.7 Å². The van der Waals surface area contributed by atoms with E-state index in [1.54, 1.807) is 0 Å². The van der Waals surface area contributed by atoms with Gasteiger partial charge in [-0.15, -0.1) is 11.6 Å². The SMILES string of the molecule is ClCCCC(c1ccncc1)C(Cc1cccnc1)c1ccncc1. The number of nitrogens with zero attached hydrogens (tertiary/aromatic N) is 3. The summed E-state index contributed by atoms with van der Waals surface area (Å²) in [6.45, 7) is 0. The van der Waals surface area contributed by atoms with Crippen molar-refractivity contribution in [1.82, 2.24) is 15.0 Å². The summed E-state index contributed by atoms with van der Waals surface area (Å²) in [5, 5.41) is 0. The van der Waals surface area contributed by atoms with Crippen molar-refractivity contribution in [1.29, 1.82) is 0 Å². The van der Waals surface area contributed by atoms with Crippen LogP contribution in [0.1, 0.15) is 41.4 Å². The van der Waals surface area contributed by atoms with Gasteiger partial charge in [0.25, 0.3) is 0 Å². The lowest BCUT2D eigenvalue weighted by Gasteiger charge is -2.28. The zero-order chi connectivity index (χ0) is 17.3. The predicted octanol–water partition coefficient (Wildman–Crippen LogP) is 5.00. The molecule has 3 aromatic rings. The highest BCUT2D eigenvalue weighted by Crippen LogP contribution is 2.38. The van der Waals surface area contributed by atoms with Crippen molar-refractivity contribution < 1.29 is 0 Å². The Hall–Kier alpha value is -2.26. The maximum Gasteiger partial charge on any atom is 0.0300 e. The molecule has 128 valence electrons. The fourth-order valence-electron chi connectivity index (χ4n) is 3.38. The molecule has 4 heteroatoms. The molecular formula is C21H22ClN3. The highest BCUT2D eigenvalue weighted by molar-refractivity contribution is 6.17. The number of hydrogen-bond donors (Lipinski definition) is 0. The van der Waals surface area contributed by atoms with E-state index in [1.807, 2.05) is 43.2 Å². The van der Waals surface area contributed by atoms with Crippen molar-refractivity contribution in [3.63, 3.8) is 0 Å². The second-order valence-corrected chi connectivity index (χ2v) is 6.55. The van der Waals surface area contributed by atoms with Crippen molar-refractivity contribution in [2.45, 2.75) is 31.1 Å². The number of halogens is 1. The Kier molecular flexibility index (Phi) is 6.52. The highest BCUT2D eigenvalue weighted by Gasteiger charge is 2.25. The number of hydrogen-bond acceptors (Lipinski definition) is 3. The zero-order valence-corrected chi connectivity index (χ0v) is 14.9. The lowest BCUT2D eigenvalue weighted by atomic mass is 9.76. The van der Waals surface area contributed by atoms with E-state index in [0.29, 0.717) is 17.7 Å². The van der Waals surface area contributed by atoms with Crippen molar-refractivity contribution in [2.75, 3.05) is 5.88 Å². The highest BCUT2D eigenvalue weighted by atomic mass is 35.5. The molecule has 0 radical (unpaired) electrons. The van der Waals surface area contributed by atoms with Crippen LogP contribution in [0.2, 0.25) is 0 Å². The van der Waals surface area contributed by atoms with E-state index in [2.05, 4.69) is 45.3 Å². The van der Waals surface area contributed by atoms with Gasteiger partial charge in [0, 0.05) is 43.1 Å². The monoisotopic (exact) mass is 351 g/mol. The number of alkyl halides is 1. The number of rotatable bonds is 8. The normalized spacial score (nSPS) is 13.3. The smallest absolute Gasteiger partial charge is 0.0300 e. The molecule has 0 bridgehead atoms. The Balaban J connectivity index is 1.97. The molecule has 3 nitrogen and oxygen atoms in total. The molecule has 2 atom stereocenters. The molecule has 0 saturated carbocycles. The van der Waals surface area contributed by atoms with Crippen LogP contribution in [0, 0.1) is 0 Å². The van der Waals surface area contributed by atoms with Gasteiger partial charge in [-0.05, 0) is 78.1 Å². The minimum absolute atomic E-state index is 0.345. The maximum atomic E-state index is 6.01. The first-order chi connectivity index (χ1) is 12.4. The largest absolute Gasteiger partial charge is 0.265 e. The van der Waals surface area contributed by atoms with Crippen LogP contribution < -0.4 is 0 Å². The van der Waals surface area contributed by atoms with E-state index in [-0.39, 0.29) is 0 Å². The lowest BCUT2D eigenvalue weighted by Crippen LogP contribution is -2.15. The summed E-state index contributed by atoms with van der Waals surface area (Å²) in [7, 11) is 0. The molecule has 3 rings (SSSR count). The molecule has 3 heterocycles. The van der Waals surface area contributed by atoms with Gasteiger partial charge in [-0.1, -0.05) is 6.07 Å². The van der Waals surface area contributed by atoms with Crippen molar-refractivity contribution in [3.05, 3.63) is 90.3 Å². The molecule has 0 saturated heterocycles. The first-order valence-electron chi connectivity index (χ1n) is 8.63. The van der Waals surface area contributed by atoms with Crippen LogP contribution in [0.4, 0.5) is 0 Å². The fourth-order valence-corrected chi connectivity index (χ4v) is 3.54. The molecule has 3 aromatic heterocycles. The summed E-state index contributed by atoms with van der Waals surface area (Å²) in [5.41, 5.74) is 3.86. The minimum Gasteiger partial charge on any atom is -0.265 e. The molecule has 0 N–H and O–H groups in total. The molecule has 0 spiro atoms. The standard InChI is InChI=1S/C21H22ClN3/c22-9-1-4-20(18-5-11-23-12-6-18)21(19-7-13-24-14-8-19)15-17-3-2-10-25-16-17/h2-3,5-8,10-14,16,20-21H,1,4,9,15H2. The zero-order valence-electron chi connectivity index (χ0n) is 14.1. The Morgan fingerprint density at radius 2 is 1.40 bits per heavy atom. The van der Waals surface area contributed by atoms with Gasteiger partial charge in [0.05, 0.1) is 0 Å². The predicted molar refractivity (Wildman–Crippen MR) is 102 cm³/mol. The van der Waals surface area contributed by atoms with Gasteiger partial charge in [-0.3, -0.25) is 15.0 Å². The quantitative estimate of drug-likeness (QED) is 0.536. The van der Waals surface area contributed by atoms with Crippen LogP contribution in [0.25, 0.3) is 0 Å². The van der Waals surface area contributed by atoms with E-state index >= 15 is 0 Å². The molecule has 0 aromatic carbocycles. The van der Waals surface area contributed by atoms with Crippen molar-refractivity contribution in [3.8, 4) is 0 Å². The summed E-state index contributed by atoms with van der Waals surface area (Å²) >= 11 is 6.01.